The molecule has 0 amide bonds. The summed E-state index contributed by atoms with van der Waals surface area (Å²) in [7, 11) is 0. The van der Waals surface area contributed by atoms with Crippen LogP contribution in [0.15, 0.2) is 18.7 Å². The Morgan fingerprint density at radius 1 is 1.54 bits per heavy atom. The minimum absolute atomic E-state index is 0.164. The Bertz CT molecular complexity index is 222. The molecule has 0 aromatic carbocycles. The predicted molar refractivity (Wildman–Crippen MR) is 49.3 cm³/mol. The Morgan fingerprint density at radius 2 is 2.31 bits per heavy atom. The first-order valence-electron chi connectivity index (χ1n) is 4.44. The first kappa shape index (κ1) is 10.2. The number of ether oxygens (including phenoxy) is 1. The normalized spacial score (nSPS) is 13.5. The van der Waals surface area contributed by atoms with Gasteiger partial charge in [0.25, 0.3) is 0 Å². The first-order chi connectivity index (χ1) is 6.18. The lowest BCUT2D eigenvalue weighted by molar-refractivity contribution is -0.000708. The lowest BCUT2D eigenvalue weighted by Gasteiger charge is -2.13. The SMILES string of the molecule is CC(C)OCC(O)Cn1ccnc1. The number of nitrogens with zero attached hydrogens (tertiary/aromatic N) is 2. The van der Waals surface area contributed by atoms with E-state index in [4.69, 9.17) is 4.74 Å². The van der Waals surface area contributed by atoms with Gasteiger partial charge in [-0.3, -0.25) is 0 Å². The summed E-state index contributed by atoms with van der Waals surface area (Å²) in [4.78, 5) is 3.88. The van der Waals surface area contributed by atoms with Crippen LogP contribution in [0, 0.1) is 0 Å². The van der Waals surface area contributed by atoms with Gasteiger partial charge in [-0.05, 0) is 13.8 Å². The molecule has 0 fully saturated rings. The van der Waals surface area contributed by atoms with Crippen molar-refractivity contribution in [3.05, 3.63) is 18.7 Å². The van der Waals surface area contributed by atoms with Crippen molar-refractivity contribution in [3.8, 4) is 0 Å². The fourth-order valence-electron chi connectivity index (χ4n) is 0.994. The second-order valence-electron chi connectivity index (χ2n) is 3.30. The quantitative estimate of drug-likeness (QED) is 0.731. The number of aliphatic hydroxyl groups is 1. The molecule has 0 aliphatic carbocycles. The molecule has 1 rings (SSSR count). The van der Waals surface area contributed by atoms with E-state index in [2.05, 4.69) is 4.98 Å². The summed E-state index contributed by atoms with van der Waals surface area (Å²) in [5, 5.41) is 9.50. The number of hydrogen-bond acceptors (Lipinski definition) is 3. The molecule has 0 saturated carbocycles. The molecule has 1 heterocycles. The van der Waals surface area contributed by atoms with Crippen LogP contribution in [0.5, 0.6) is 0 Å². The zero-order valence-corrected chi connectivity index (χ0v) is 8.05. The van der Waals surface area contributed by atoms with Crippen molar-refractivity contribution in [3.63, 3.8) is 0 Å². The van der Waals surface area contributed by atoms with Gasteiger partial charge in [0.15, 0.2) is 0 Å². The van der Waals surface area contributed by atoms with E-state index < -0.39 is 6.10 Å². The fraction of sp³-hybridized carbons (Fsp3) is 0.667. The van der Waals surface area contributed by atoms with E-state index in [0.29, 0.717) is 13.2 Å². The monoisotopic (exact) mass is 184 g/mol. The van der Waals surface area contributed by atoms with Crippen LogP contribution >= 0.6 is 0 Å². The summed E-state index contributed by atoms with van der Waals surface area (Å²) in [5.74, 6) is 0. The van der Waals surface area contributed by atoms with E-state index in [9.17, 15) is 5.11 Å². The molecule has 0 spiro atoms. The highest BCUT2D eigenvalue weighted by Crippen LogP contribution is 1.95. The third kappa shape index (κ3) is 4.05. The highest BCUT2D eigenvalue weighted by Gasteiger charge is 2.05. The van der Waals surface area contributed by atoms with Crippen molar-refractivity contribution < 1.29 is 9.84 Å². The van der Waals surface area contributed by atoms with Crippen LogP contribution in [0.2, 0.25) is 0 Å². The van der Waals surface area contributed by atoms with Crippen LogP contribution in [0.25, 0.3) is 0 Å². The molecule has 4 heteroatoms. The lowest BCUT2D eigenvalue weighted by atomic mass is 10.3. The molecule has 0 saturated heterocycles. The maximum atomic E-state index is 9.50. The number of rotatable bonds is 5. The average molecular weight is 184 g/mol. The molecule has 13 heavy (non-hydrogen) atoms. The molecule has 0 aliphatic heterocycles. The van der Waals surface area contributed by atoms with Crippen LogP contribution in [-0.2, 0) is 11.3 Å². The summed E-state index contributed by atoms with van der Waals surface area (Å²) in [6.45, 7) is 4.80. The van der Waals surface area contributed by atoms with Crippen LogP contribution < -0.4 is 0 Å². The summed E-state index contributed by atoms with van der Waals surface area (Å²) in [6.07, 6.45) is 4.89. The molecule has 1 aromatic rings. The maximum Gasteiger partial charge on any atom is 0.0952 e. The van der Waals surface area contributed by atoms with Crippen LogP contribution in [0.4, 0.5) is 0 Å². The zero-order chi connectivity index (χ0) is 9.68. The van der Waals surface area contributed by atoms with Gasteiger partial charge in [0, 0.05) is 12.4 Å². The summed E-state index contributed by atoms with van der Waals surface area (Å²) >= 11 is 0. The number of imidazole rings is 1. The van der Waals surface area contributed by atoms with Crippen LogP contribution in [0.3, 0.4) is 0 Å². The van der Waals surface area contributed by atoms with Gasteiger partial charge in [0.05, 0.1) is 31.7 Å². The Labute approximate surface area is 78.2 Å². The van der Waals surface area contributed by atoms with Crippen LogP contribution in [-0.4, -0.2) is 33.5 Å². The lowest BCUT2D eigenvalue weighted by Crippen LogP contribution is -2.23. The smallest absolute Gasteiger partial charge is 0.0952 e. The molecule has 1 unspecified atom stereocenters. The Balaban J connectivity index is 2.22. The van der Waals surface area contributed by atoms with Gasteiger partial charge in [-0.1, -0.05) is 0 Å². The standard InChI is InChI=1S/C9H16N2O2/c1-8(2)13-6-9(12)5-11-4-3-10-7-11/h3-4,7-9,12H,5-6H2,1-2H3. The van der Waals surface area contributed by atoms with E-state index in [0.717, 1.165) is 0 Å². The van der Waals surface area contributed by atoms with E-state index >= 15 is 0 Å². The molecule has 0 aliphatic rings. The average Bonchev–Trinajstić information content (AvgIpc) is 2.53. The Kier molecular flexibility index (Phi) is 3.92. The third-order valence-corrected chi connectivity index (χ3v) is 1.60. The molecule has 1 atom stereocenters. The fourth-order valence-corrected chi connectivity index (χ4v) is 0.994. The molecule has 1 N–H and O–H groups in total. The van der Waals surface area contributed by atoms with Gasteiger partial charge in [-0.15, -0.1) is 0 Å². The molecule has 4 nitrogen and oxygen atoms in total. The van der Waals surface area contributed by atoms with E-state index in [1.165, 1.54) is 0 Å². The molecule has 74 valence electrons. The van der Waals surface area contributed by atoms with Gasteiger partial charge in [0.2, 0.25) is 0 Å². The molecule has 0 bridgehead atoms. The maximum absolute atomic E-state index is 9.50. The van der Waals surface area contributed by atoms with E-state index in [1.54, 1.807) is 12.5 Å². The number of hydrogen-bond donors (Lipinski definition) is 1. The molecule has 0 radical (unpaired) electrons. The molecular formula is C9H16N2O2. The van der Waals surface area contributed by atoms with E-state index in [1.807, 2.05) is 24.6 Å². The minimum Gasteiger partial charge on any atom is -0.389 e. The second-order valence-corrected chi connectivity index (χ2v) is 3.30. The molecule has 1 aromatic heterocycles. The van der Waals surface area contributed by atoms with Crippen molar-refractivity contribution in [2.75, 3.05) is 6.61 Å². The minimum atomic E-state index is -0.461. The predicted octanol–water partition coefficient (Wildman–Crippen LogP) is 0.669. The largest absolute Gasteiger partial charge is 0.389 e. The number of aliphatic hydroxyl groups excluding tert-OH is 1. The summed E-state index contributed by atoms with van der Waals surface area (Å²) in [6, 6.07) is 0. The van der Waals surface area contributed by atoms with Crippen molar-refractivity contribution in [1.29, 1.82) is 0 Å². The highest BCUT2D eigenvalue weighted by molar-refractivity contribution is 4.75. The van der Waals surface area contributed by atoms with E-state index in [-0.39, 0.29) is 6.10 Å². The van der Waals surface area contributed by atoms with Gasteiger partial charge in [-0.25, -0.2) is 4.98 Å². The van der Waals surface area contributed by atoms with Crippen molar-refractivity contribution in [2.24, 2.45) is 0 Å². The van der Waals surface area contributed by atoms with Gasteiger partial charge >= 0.3 is 0 Å². The van der Waals surface area contributed by atoms with Gasteiger partial charge in [-0.2, -0.15) is 0 Å². The first-order valence-corrected chi connectivity index (χ1v) is 4.44. The summed E-state index contributed by atoms with van der Waals surface area (Å²) < 4.78 is 7.10. The van der Waals surface area contributed by atoms with Crippen molar-refractivity contribution in [1.82, 2.24) is 9.55 Å². The van der Waals surface area contributed by atoms with Crippen LogP contribution in [0.1, 0.15) is 13.8 Å². The highest BCUT2D eigenvalue weighted by atomic mass is 16.5. The van der Waals surface area contributed by atoms with Gasteiger partial charge in [0.1, 0.15) is 0 Å². The zero-order valence-electron chi connectivity index (χ0n) is 8.05. The molecular weight excluding hydrogens is 168 g/mol. The van der Waals surface area contributed by atoms with Crippen molar-refractivity contribution in [2.45, 2.75) is 32.6 Å². The number of aromatic nitrogens is 2. The van der Waals surface area contributed by atoms with Gasteiger partial charge < -0.3 is 14.4 Å². The Morgan fingerprint density at radius 3 is 2.85 bits per heavy atom. The second kappa shape index (κ2) is 4.99. The third-order valence-electron chi connectivity index (χ3n) is 1.60. The summed E-state index contributed by atoms with van der Waals surface area (Å²) in [5.41, 5.74) is 0. The topological polar surface area (TPSA) is 47.3 Å². The van der Waals surface area contributed by atoms with Crippen molar-refractivity contribution >= 4 is 0 Å². The Hall–Kier alpha value is -0.870.